The van der Waals surface area contributed by atoms with Crippen LogP contribution in [0.15, 0.2) is 60.9 Å². The minimum atomic E-state index is 0.504. The molecule has 0 saturated carbocycles. The molecule has 1 heterocycles. The van der Waals surface area contributed by atoms with E-state index in [2.05, 4.69) is 15.7 Å². The number of nitrogens with one attached hydrogen (secondary N) is 2. The summed E-state index contributed by atoms with van der Waals surface area (Å²) in [6, 6.07) is 15.2. The van der Waals surface area contributed by atoms with E-state index < -0.39 is 0 Å². The van der Waals surface area contributed by atoms with E-state index in [-0.39, 0.29) is 0 Å². The predicted molar refractivity (Wildman–Crippen MR) is 103 cm³/mol. The highest BCUT2D eigenvalue weighted by molar-refractivity contribution is 7.80. The van der Waals surface area contributed by atoms with Crippen LogP contribution in [0.1, 0.15) is 5.56 Å². The third-order valence-electron chi connectivity index (χ3n) is 3.28. The van der Waals surface area contributed by atoms with Crippen molar-refractivity contribution in [1.29, 1.82) is 0 Å². The fourth-order valence-corrected chi connectivity index (χ4v) is 2.89. The molecule has 3 rings (SSSR count). The zero-order valence-corrected chi connectivity index (χ0v) is 14.9. The molecule has 1 aromatic heterocycles. The first-order valence-corrected chi connectivity index (χ1v) is 8.36. The zero-order chi connectivity index (χ0) is 16.9. The van der Waals surface area contributed by atoms with Gasteiger partial charge >= 0.3 is 0 Å². The molecule has 0 amide bonds. The van der Waals surface area contributed by atoms with Crippen molar-refractivity contribution in [3.05, 3.63) is 76.5 Å². The van der Waals surface area contributed by atoms with Crippen molar-refractivity contribution < 1.29 is 0 Å². The van der Waals surface area contributed by atoms with E-state index in [1.807, 2.05) is 41.2 Å². The van der Waals surface area contributed by atoms with Crippen LogP contribution in [0.2, 0.25) is 10.0 Å². The lowest BCUT2D eigenvalue weighted by atomic mass is 10.2. The smallest absolute Gasteiger partial charge is 0.171 e. The quantitative estimate of drug-likeness (QED) is 0.649. The summed E-state index contributed by atoms with van der Waals surface area (Å²) in [5.41, 5.74) is 2.87. The molecule has 0 unspecified atom stereocenters. The van der Waals surface area contributed by atoms with E-state index >= 15 is 0 Å². The topological polar surface area (TPSA) is 41.9 Å². The summed E-state index contributed by atoms with van der Waals surface area (Å²) in [5.74, 6) is 0. The first kappa shape index (κ1) is 16.8. The van der Waals surface area contributed by atoms with Crippen LogP contribution >= 0.6 is 35.4 Å². The van der Waals surface area contributed by atoms with Crippen molar-refractivity contribution in [2.24, 2.45) is 0 Å². The Kier molecular flexibility index (Phi) is 5.35. The molecule has 0 saturated heterocycles. The molecule has 3 aromatic rings. The normalized spacial score (nSPS) is 10.4. The predicted octanol–water partition coefficient (Wildman–Crippen LogP) is 4.67. The molecule has 2 N–H and O–H groups in total. The second kappa shape index (κ2) is 7.66. The van der Waals surface area contributed by atoms with Crippen LogP contribution in [0.3, 0.4) is 0 Å². The number of thiocarbonyl (C=S) groups is 1. The summed E-state index contributed by atoms with van der Waals surface area (Å²) >= 11 is 17.2. The van der Waals surface area contributed by atoms with E-state index in [0.717, 1.165) is 16.9 Å². The average molecular weight is 377 g/mol. The summed E-state index contributed by atoms with van der Waals surface area (Å²) in [5, 5.41) is 12.0. The molecular formula is C17H14Cl2N4S. The maximum absolute atomic E-state index is 5.97. The van der Waals surface area contributed by atoms with Gasteiger partial charge in [0.1, 0.15) is 0 Å². The molecule has 24 heavy (non-hydrogen) atoms. The highest BCUT2D eigenvalue weighted by Gasteiger charge is 2.02. The van der Waals surface area contributed by atoms with Crippen molar-refractivity contribution in [2.75, 3.05) is 5.32 Å². The van der Waals surface area contributed by atoms with E-state index in [9.17, 15) is 0 Å². The van der Waals surface area contributed by atoms with Crippen LogP contribution in [0, 0.1) is 0 Å². The molecule has 2 aromatic carbocycles. The maximum Gasteiger partial charge on any atom is 0.171 e. The van der Waals surface area contributed by atoms with Crippen LogP contribution < -0.4 is 10.6 Å². The van der Waals surface area contributed by atoms with Crippen molar-refractivity contribution in [2.45, 2.75) is 6.54 Å². The van der Waals surface area contributed by atoms with Gasteiger partial charge in [0.15, 0.2) is 5.11 Å². The van der Waals surface area contributed by atoms with Gasteiger partial charge in [-0.2, -0.15) is 5.10 Å². The molecular weight excluding hydrogens is 363 g/mol. The largest absolute Gasteiger partial charge is 0.358 e. The van der Waals surface area contributed by atoms with Crippen LogP contribution in [0.25, 0.3) is 5.69 Å². The van der Waals surface area contributed by atoms with Gasteiger partial charge in [0, 0.05) is 34.7 Å². The lowest BCUT2D eigenvalue weighted by molar-refractivity contribution is 0.874. The lowest BCUT2D eigenvalue weighted by Gasteiger charge is -2.11. The highest BCUT2D eigenvalue weighted by Crippen LogP contribution is 2.22. The Bertz CT molecular complexity index is 812. The minimum absolute atomic E-state index is 0.504. The summed E-state index contributed by atoms with van der Waals surface area (Å²) in [4.78, 5) is 0. The number of aromatic nitrogens is 2. The van der Waals surface area contributed by atoms with Crippen molar-refractivity contribution in [1.82, 2.24) is 15.1 Å². The summed E-state index contributed by atoms with van der Waals surface area (Å²) in [6.07, 6.45) is 3.66. The van der Waals surface area contributed by atoms with Gasteiger partial charge in [0.2, 0.25) is 0 Å². The number of rotatable bonds is 4. The summed E-state index contributed by atoms with van der Waals surface area (Å²) < 4.78 is 1.81. The van der Waals surface area contributed by atoms with Crippen molar-refractivity contribution in [3.63, 3.8) is 0 Å². The Morgan fingerprint density at radius 3 is 2.42 bits per heavy atom. The van der Waals surface area contributed by atoms with Gasteiger partial charge in [-0.3, -0.25) is 0 Å². The zero-order valence-electron chi connectivity index (χ0n) is 12.5. The Morgan fingerprint density at radius 2 is 1.79 bits per heavy atom. The van der Waals surface area contributed by atoms with Gasteiger partial charge in [0.25, 0.3) is 0 Å². The lowest BCUT2D eigenvalue weighted by Crippen LogP contribution is -2.27. The van der Waals surface area contributed by atoms with Crippen LogP contribution in [-0.4, -0.2) is 14.9 Å². The first-order chi connectivity index (χ1) is 11.6. The highest BCUT2D eigenvalue weighted by atomic mass is 35.5. The number of anilines is 1. The van der Waals surface area contributed by atoms with E-state index in [1.54, 1.807) is 24.4 Å². The van der Waals surface area contributed by atoms with Crippen molar-refractivity contribution >= 4 is 46.2 Å². The minimum Gasteiger partial charge on any atom is -0.358 e. The number of hydrogen-bond acceptors (Lipinski definition) is 2. The maximum atomic E-state index is 5.97. The number of hydrogen-bond donors (Lipinski definition) is 2. The third-order valence-corrected chi connectivity index (χ3v) is 3.96. The van der Waals surface area contributed by atoms with Gasteiger partial charge in [0.05, 0.1) is 5.69 Å². The standard InChI is InChI=1S/C17H14Cl2N4S/c18-13-8-14(19)10-15(9-13)22-17(24)20-11-12-2-4-16(5-3-12)23-7-1-6-21-23/h1-10H,11H2,(H2,20,22,24). The van der Waals surface area contributed by atoms with Gasteiger partial charge in [-0.1, -0.05) is 35.3 Å². The fraction of sp³-hybridized carbons (Fsp3) is 0.0588. The monoisotopic (exact) mass is 376 g/mol. The number of nitrogens with zero attached hydrogens (tertiary/aromatic N) is 2. The summed E-state index contributed by atoms with van der Waals surface area (Å²) in [6.45, 7) is 0.611. The van der Waals surface area contributed by atoms with Crippen LogP contribution in [0.4, 0.5) is 5.69 Å². The molecule has 0 bridgehead atoms. The van der Waals surface area contributed by atoms with Gasteiger partial charge in [-0.25, -0.2) is 4.68 Å². The Hall–Kier alpha value is -2.08. The van der Waals surface area contributed by atoms with E-state index in [1.165, 1.54) is 0 Å². The van der Waals surface area contributed by atoms with Gasteiger partial charge < -0.3 is 10.6 Å². The first-order valence-electron chi connectivity index (χ1n) is 7.20. The molecule has 0 spiro atoms. The fourth-order valence-electron chi connectivity index (χ4n) is 2.17. The molecule has 0 aliphatic carbocycles. The van der Waals surface area contributed by atoms with Crippen LogP contribution in [-0.2, 0) is 6.54 Å². The second-order valence-electron chi connectivity index (χ2n) is 5.08. The Labute approximate surface area is 155 Å². The van der Waals surface area contributed by atoms with Gasteiger partial charge in [-0.05, 0) is 54.2 Å². The Morgan fingerprint density at radius 1 is 1.08 bits per heavy atom. The molecule has 0 fully saturated rings. The number of benzene rings is 2. The molecule has 4 nitrogen and oxygen atoms in total. The molecule has 7 heteroatoms. The molecule has 0 atom stereocenters. The molecule has 0 aliphatic rings. The average Bonchev–Trinajstić information content (AvgIpc) is 3.07. The van der Waals surface area contributed by atoms with E-state index in [4.69, 9.17) is 35.4 Å². The number of halogens is 2. The second-order valence-corrected chi connectivity index (χ2v) is 6.36. The molecule has 122 valence electrons. The van der Waals surface area contributed by atoms with Crippen LogP contribution in [0.5, 0.6) is 0 Å². The third kappa shape index (κ3) is 4.47. The summed E-state index contributed by atoms with van der Waals surface area (Å²) in [7, 11) is 0. The van der Waals surface area contributed by atoms with E-state index in [0.29, 0.717) is 21.7 Å². The Balaban J connectivity index is 1.56. The van der Waals surface area contributed by atoms with Crippen molar-refractivity contribution in [3.8, 4) is 5.69 Å². The molecule has 0 radical (unpaired) electrons. The molecule has 0 aliphatic heterocycles. The van der Waals surface area contributed by atoms with Gasteiger partial charge in [-0.15, -0.1) is 0 Å². The SMILES string of the molecule is S=C(NCc1ccc(-n2cccn2)cc1)Nc1cc(Cl)cc(Cl)c1.